The van der Waals surface area contributed by atoms with Crippen molar-refractivity contribution in [3.05, 3.63) is 88.9 Å². The lowest BCUT2D eigenvalue weighted by molar-refractivity contribution is -0.124. The second-order valence-corrected chi connectivity index (χ2v) is 9.06. The third-order valence-corrected chi connectivity index (χ3v) is 6.01. The molecule has 3 aromatic carbocycles. The number of para-hydroxylation sites is 1. The van der Waals surface area contributed by atoms with Crippen LogP contribution in [0.25, 0.3) is 0 Å². The summed E-state index contributed by atoms with van der Waals surface area (Å²) in [5.41, 5.74) is 2.27. The average Bonchev–Trinajstić information content (AvgIpc) is 3.39. The van der Waals surface area contributed by atoms with E-state index in [1.165, 1.54) is 17.6 Å². The van der Waals surface area contributed by atoms with Crippen molar-refractivity contribution in [2.24, 2.45) is 0 Å². The van der Waals surface area contributed by atoms with Gasteiger partial charge in [-0.25, -0.2) is 10.3 Å². The molecule has 0 bridgehead atoms. The van der Waals surface area contributed by atoms with E-state index in [9.17, 15) is 14.7 Å². The molecular weight excluding hydrogens is 560 g/mol. The van der Waals surface area contributed by atoms with Gasteiger partial charge in [-0.05, 0) is 55.3 Å². The first-order chi connectivity index (χ1) is 18.4. The Morgan fingerprint density at radius 2 is 1.84 bits per heavy atom. The second kappa shape index (κ2) is 12.8. The van der Waals surface area contributed by atoms with Crippen LogP contribution in [0.4, 0.5) is 10.5 Å². The normalized spacial score (nSPS) is 13.5. The number of amides is 2. The lowest BCUT2D eigenvalue weighted by Crippen LogP contribution is -2.31. The van der Waals surface area contributed by atoms with E-state index in [-0.39, 0.29) is 19.0 Å². The molecule has 0 aromatic heterocycles. The number of hydroxylamine groups is 1. The summed E-state index contributed by atoms with van der Waals surface area (Å²) in [6, 6.07) is 18.7. The summed E-state index contributed by atoms with van der Waals surface area (Å²) in [5.74, 6) is 0.818. The third-order valence-electron chi connectivity index (χ3n) is 5.51. The van der Waals surface area contributed by atoms with Crippen LogP contribution in [0.3, 0.4) is 0 Å². The number of ether oxygens (including phenoxy) is 4. The number of halogens is 1. The first-order valence-electron chi connectivity index (χ1n) is 11.6. The first kappa shape index (κ1) is 26.8. The molecule has 3 aromatic rings. The van der Waals surface area contributed by atoms with Crippen LogP contribution >= 0.6 is 15.9 Å². The molecule has 1 aliphatic rings. The van der Waals surface area contributed by atoms with Crippen molar-refractivity contribution in [3.8, 4) is 23.0 Å². The van der Waals surface area contributed by atoms with Crippen LogP contribution in [0.1, 0.15) is 24.5 Å². The molecule has 38 heavy (non-hydrogen) atoms. The lowest BCUT2D eigenvalue weighted by Gasteiger charge is -2.28. The van der Waals surface area contributed by atoms with E-state index >= 15 is 0 Å². The zero-order valence-electron chi connectivity index (χ0n) is 20.0. The fraction of sp³-hybridized carbons (Fsp3) is 0.185. The van der Waals surface area contributed by atoms with Crippen LogP contribution < -0.4 is 25.0 Å². The average molecular weight is 585 g/mol. The molecule has 1 heterocycles. The fourth-order valence-electron chi connectivity index (χ4n) is 3.76. The summed E-state index contributed by atoms with van der Waals surface area (Å²) in [7, 11) is 0. The van der Waals surface area contributed by atoms with Gasteiger partial charge in [-0.15, -0.1) is 0 Å². The first-order valence-corrected chi connectivity index (χ1v) is 12.4. The van der Waals surface area contributed by atoms with Crippen molar-refractivity contribution in [2.75, 3.05) is 12.1 Å². The number of carbonyl (C=O) groups is 2. The van der Waals surface area contributed by atoms with Crippen LogP contribution in [0, 0.1) is 0 Å². The molecule has 4 N–H and O–H groups in total. The summed E-state index contributed by atoms with van der Waals surface area (Å²) >= 11 is 3.40. The number of benzene rings is 3. The highest BCUT2D eigenvalue weighted by Crippen LogP contribution is 2.37. The van der Waals surface area contributed by atoms with Crippen molar-refractivity contribution in [1.82, 2.24) is 5.48 Å². The molecule has 0 aliphatic carbocycles. The SMILES string of the molecule is O=C(/C=C/CC[C@H](Oc1ccccc1)[C@@H](OC(=O)Nc1ccc2c(c1)OCO2)c1cc(Br)ccc1O)NO. The van der Waals surface area contributed by atoms with Crippen LogP contribution in [-0.2, 0) is 9.53 Å². The smallest absolute Gasteiger partial charge is 0.412 e. The Hall–Kier alpha value is -4.22. The van der Waals surface area contributed by atoms with Gasteiger partial charge in [-0.1, -0.05) is 40.2 Å². The Morgan fingerprint density at radius 1 is 1.05 bits per heavy atom. The van der Waals surface area contributed by atoms with Gasteiger partial charge in [-0.2, -0.15) is 0 Å². The van der Waals surface area contributed by atoms with E-state index in [4.69, 9.17) is 24.2 Å². The number of fused-ring (bicyclic) bond motifs is 1. The molecule has 4 rings (SSSR count). The standard InChI is InChI=1S/C27H25BrN2O8/c28-17-10-12-21(31)20(14-17)26(38-27(33)29-18-11-13-22-24(15-18)36-16-35-22)23(8-4-5-9-25(32)30-34)37-19-6-2-1-3-7-19/h1-3,5-7,9-15,23,26,31,34H,4,8,16H2,(H,29,33)(H,30,32)/b9-5+/t23-,26-/m0/s1. The molecule has 0 saturated heterocycles. The highest BCUT2D eigenvalue weighted by atomic mass is 79.9. The van der Waals surface area contributed by atoms with E-state index in [0.717, 1.165) is 0 Å². The summed E-state index contributed by atoms with van der Waals surface area (Å²) in [4.78, 5) is 24.4. The van der Waals surface area contributed by atoms with Crippen LogP contribution in [-0.4, -0.2) is 35.2 Å². The summed E-state index contributed by atoms with van der Waals surface area (Å²) in [6.45, 7) is 0.0976. The third kappa shape index (κ3) is 7.17. The van der Waals surface area contributed by atoms with Gasteiger partial charge in [-0.3, -0.25) is 15.3 Å². The molecule has 0 spiro atoms. The summed E-state index contributed by atoms with van der Waals surface area (Å²) < 4.78 is 23.4. The molecule has 10 nitrogen and oxygen atoms in total. The number of anilines is 1. The predicted octanol–water partition coefficient (Wildman–Crippen LogP) is 5.46. The monoisotopic (exact) mass is 584 g/mol. The zero-order valence-corrected chi connectivity index (χ0v) is 21.6. The molecule has 0 radical (unpaired) electrons. The summed E-state index contributed by atoms with van der Waals surface area (Å²) in [6.07, 6.45) is 0.741. The minimum Gasteiger partial charge on any atom is -0.508 e. The Balaban J connectivity index is 1.61. The highest BCUT2D eigenvalue weighted by Gasteiger charge is 2.31. The number of nitrogens with one attached hydrogen (secondary N) is 2. The van der Waals surface area contributed by atoms with Gasteiger partial charge < -0.3 is 24.1 Å². The molecule has 1 aliphatic heterocycles. The van der Waals surface area contributed by atoms with Crippen LogP contribution in [0.5, 0.6) is 23.0 Å². The number of rotatable bonds is 10. The van der Waals surface area contributed by atoms with Crippen molar-refractivity contribution < 1.29 is 38.9 Å². The molecule has 2 atom stereocenters. The molecule has 0 unspecified atom stereocenters. The number of phenols is 1. The number of hydrogen-bond acceptors (Lipinski definition) is 8. The maximum atomic E-state index is 13.1. The van der Waals surface area contributed by atoms with E-state index in [0.29, 0.717) is 39.4 Å². The van der Waals surface area contributed by atoms with Crippen molar-refractivity contribution in [2.45, 2.75) is 25.0 Å². The molecule has 2 amide bonds. The largest absolute Gasteiger partial charge is 0.508 e. The second-order valence-electron chi connectivity index (χ2n) is 8.15. The van der Waals surface area contributed by atoms with Crippen LogP contribution in [0.2, 0.25) is 0 Å². The quantitative estimate of drug-likeness (QED) is 0.140. The molecule has 198 valence electrons. The minimum atomic E-state index is -1.05. The highest BCUT2D eigenvalue weighted by molar-refractivity contribution is 9.10. The number of allylic oxidation sites excluding steroid dienone is 1. The van der Waals surface area contributed by atoms with Crippen molar-refractivity contribution >= 4 is 33.6 Å². The van der Waals surface area contributed by atoms with Crippen LogP contribution in [0.15, 0.2) is 83.4 Å². The van der Waals surface area contributed by atoms with E-state index in [1.807, 2.05) is 6.07 Å². The number of aromatic hydroxyl groups is 1. The Morgan fingerprint density at radius 3 is 2.63 bits per heavy atom. The van der Waals surface area contributed by atoms with Crippen molar-refractivity contribution in [1.29, 1.82) is 0 Å². The Labute approximate surface area is 226 Å². The lowest BCUT2D eigenvalue weighted by atomic mass is 9.99. The molecule has 11 heteroatoms. The maximum absolute atomic E-state index is 13.1. The van der Waals surface area contributed by atoms with Gasteiger partial charge in [0.25, 0.3) is 5.91 Å². The predicted molar refractivity (Wildman–Crippen MR) is 140 cm³/mol. The van der Waals surface area contributed by atoms with E-state index < -0.39 is 24.2 Å². The van der Waals surface area contributed by atoms with Gasteiger partial charge in [0.2, 0.25) is 6.79 Å². The van der Waals surface area contributed by atoms with Gasteiger partial charge in [0, 0.05) is 27.9 Å². The minimum absolute atomic E-state index is 0.0917. The van der Waals surface area contributed by atoms with Gasteiger partial charge in [0.05, 0.1) is 0 Å². The van der Waals surface area contributed by atoms with E-state index in [1.54, 1.807) is 60.7 Å². The molecular formula is C27H25BrN2O8. The fourth-order valence-corrected chi connectivity index (χ4v) is 4.14. The molecule has 0 saturated carbocycles. The number of carbonyl (C=O) groups excluding carboxylic acids is 2. The van der Waals surface area contributed by atoms with E-state index in [2.05, 4.69) is 21.2 Å². The number of phenolic OH excluding ortho intramolecular Hbond substituents is 1. The van der Waals surface area contributed by atoms with Gasteiger partial charge in [0.15, 0.2) is 17.6 Å². The van der Waals surface area contributed by atoms with Gasteiger partial charge >= 0.3 is 6.09 Å². The Kier molecular flexibility index (Phi) is 9.07. The van der Waals surface area contributed by atoms with Crippen molar-refractivity contribution in [3.63, 3.8) is 0 Å². The topological polar surface area (TPSA) is 136 Å². The molecule has 0 fully saturated rings. The maximum Gasteiger partial charge on any atom is 0.412 e. The summed E-state index contributed by atoms with van der Waals surface area (Å²) in [5, 5.41) is 22.1. The zero-order chi connectivity index (χ0) is 26.9. The van der Waals surface area contributed by atoms with Gasteiger partial charge in [0.1, 0.15) is 17.6 Å². The Bertz CT molecular complexity index is 1300. The number of hydrogen-bond donors (Lipinski definition) is 4.